The number of aromatic amines is 1. The van der Waals surface area contributed by atoms with Crippen LogP contribution in [0.1, 0.15) is 20.8 Å². The second kappa shape index (κ2) is 5.67. The number of esters is 1. The van der Waals surface area contributed by atoms with Crippen LogP contribution in [0.3, 0.4) is 0 Å². The Labute approximate surface area is 129 Å². The first-order valence-electron chi connectivity index (χ1n) is 6.81. The fourth-order valence-electron chi connectivity index (χ4n) is 2.22. The summed E-state index contributed by atoms with van der Waals surface area (Å²) in [7, 11) is 0. The first-order valence-corrected chi connectivity index (χ1v) is 6.81. The molecule has 0 fully saturated rings. The van der Waals surface area contributed by atoms with E-state index in [0.717, 1.165) is 6.07 Å². The van der Waals surface area contributed by atoms with Gasteiger partial charge in [-0.25, -0.2) is 14.2 Å². The maximum atomic E-state index is 12.6. The lowest BCUT2D eigenvalue weighted by molar-refractivity contribution is -0.384. The van der Waals surface area contributed by atoms with Crippen LogP contribution in [0.2, 0.25) is 0 Å². The zero-order valence-electron chi connectivity index (χ0n) is 12.8. The third-order valence-electron chi connectivity index (χ3n) is 3.43. The number of rotatable bonds is 4. The molecule has 0 radical (unpaired) electrons. The van der Waals surface area contributed by atoms with Gasteiger partial charge in [-0.3, -0.25) is 14.9 Å². The first kappa shape index (κ1) is 16.4. The van der Waals surface area contributed by atoms with Crippen LogP contribution in [0.25, 0.3) is 10.9 Å². The van der Waals surface area contributed by atoms with E-state index in [1.165, 1.54) is 26.0 Å². The van der Waals surface area contributed by atoms with Gasteiger partial charge in [-0.1, -0.05) is 0 Å². The standard InChI is InChI=1S/C14H15N3O6/c1-4-23-12(19)14(2,3)16-11(18)9-7-8(17(21)22)5-6-10(9)15-13(16)20/h5-7H,4H2,1-3H3,(H,15,20). The van der Waals surface area contributed by atoms with E-state index in [1.807, 2.05) is 0 Å². The molecule has 1 aromatic heterocycles. The van der Waals surface area contributed by atoms with Crippen molar-refractivity contribution in [3.63, 3.8) is 0 Å². The smallest absolute Gasteiger partial charge is 0.332 e. The molecule has 0 atom stereocenters. The van der Waals surface area contributed by atoms with Gasteiger partial charge in [0.2, 0.25) is 0 Å². The van der Waals surface area contributed by atoms with Gasteiger partial charge < -0.3 is 9.72 Å². The fraction of sp³-hybridized carbons (Fsp3) is 0.357. The molecule has 1 N–H and O–H groups in total. The molecular weight excluding hydrogens is 306 g/mol. The minimum atomic E-state index is -1.56. The third kappa shape index (κ3) is 2.72. The van der Waals surface area contributed by atoms with Crippen LogP contribution < -0.4 is 11.2 Å². The van der Waals surface area contributed by atoms with E-state index in [2.05, 4.69) is 4.98 Å². The summed E-state index contributed by atoms with van der Waals surface area (Å²) in [6.07, 6.45) is 0. The molecule has 9 heteroatoms. The molecule has 2 rings (SSSR count). The van der Waals surface area contributed by atoms with Gasteiger partial charge in [0, 0.05) is 12.1 Å². The van der Waals surface area contributed by atoms with Crippen molar-refractivity contribution < 1.29 is 14.5 Å². The Bertz CT molecular complexity index is 909. The number of nitro benzene ring substituents is 1. The van der Waals surface area contributed by atoms with E-state index in [1.54, 1.807) is 6.92 Å². The molecule has 0 aliphatic rings. The maximum Gasteiger partial charge on any atom is 0.332 e. The van der Waals surface area contributed by atoms with E-state index in [9.17, 15) is 24.5 Å². The number of nitrogens with one attached hydrogen (secondary N) is 1. The average Bonchev–Trinajstić information content (AvgIpc) is 2.46. The van der Waals surface area contributed by atoms with E-state index in [-0.39, 0.29) is 23.2 Å². The Balaban J connectivity index is 2.79. The zero-order valence-corrected chi connectivity index (χ0v) is 12.8. The Morgan fingerprint density at radius 1 is 1.39 bits per heavy atom. The Kier molecular flexibility index (Phi) is 4.04. The Morgan fingerprint density at radius 3 is 2.61 bits per heavy atom. The number of H-pyrrole nitrogens is 1. The second-order valence-electron chi connectivity index (χ2n) is 5.34. The molecule has 0 saturated carbocycles. The summed E-state index contributed by atoms with van der Waals surface area (Å²) in [6.45, 7) is 4.42. The van der Waals surface area contributed by atoms with Gasteiger partial charge in [0.15, 0.2) is 0 Å². The summed E-state index contributed by atoms with van der Waals surface area (Å²) in [4.78, 5) is 49.5. The molecule has 0 aliphatic carbocycles. The Hall–Kier alpha value is -2.97. The molecule has 0 saturated heterocycles. The number of carbonyl (C=O) groups excluding carboxylic acids is 1. The van der Waals surface area contributed by atoms with Crippen molar-refractivity contribution in [2.24, 2.45) is 0 Å². The van der Waals surface area contributed by atoms with Gasteiger partial charge in [-0.2, -0.15) is 0 Å². The van der Waals surface area contributed by atoms with Crippen LogP contribution >= 0.6 is 0 Å². The molecule has 2 aromatic rings. The highest BCUT2D eigenvalue weighted by Crippen LogP contribution is 2.18. The van der Waals surface area contributed by atoms with E-state index < -0.39 is 27.7 Å². The molecule has 0 amide bonds. The maximum absolute atomic E-state index is 12.6. The van der Waals surface area contributed by atoms with E-state index in [4.69, 9.17) is 4.74 Å². The van der Waals surface area contributed by atoms with Gasteiger partial charge in [0.25, 0.3) is 11.2 Å². The topological polar surface area (TPSA) is 124 Å². The molecule has 1 aromatic carbocycles. The number of nitro groups is 1. The van der Waals surface area contributed by atoms with Crippen LogP contribution in [0.4, 0.5) is 5.69 Å². The second-order valence-corrected chi connectivity index (χ2v) is 5.34. The average molecular weight is 321 g/mol. The largest absolute Gasteiger partial charge is 0.464 e. The summed E-state index contributed by atoms with van der Waals surface area (Å²) in [6, 6.07) is 3.52. The highest BCUT2D eigenvalue weighted by Gasteiger charge is 2.35. The van der Waals surface area contributed by atoms with Crippen molar-refractivity contribution in [3.05, 3.63) is 49.2 Å². The summed E-state index contributed by atoms with van der Waals surface area (Å²) in [5.74, 6) is -0.752. The quantitative estimate of drug-likeness (QED) is 0.506. The summed E-state index contributed by atoms with van der Waals surface area (Å²) in [5, 5.41) is 10.8. The molecule has 0 aliphatic heterocycles. The van der Waals surface area contributed by atoms with Crippen LogP contribution in [-0.4, -0.2) is 27.1 Å². The molecular formula is C14H15N3O6. The third-order valence-corrected chi connectivity index (χ3v) is 3.43. The number of benzene rings is 1. The fourth-order valence-corrected chi connectivity index (χ4v) is 2.22. The number of carbonyl (C=O) groups is 1. The minimum Gasteiger partial charge on any atom is -0.464 e. The van der Waals surface area contributed by atoms with Crippen molar-refractivity contribution in [2.45, 2.75) is 26.3 Å². The lowest BCUT2D eigenvalue weighted by Crippen LogP contribution is -2.51. The van der Waals surface area contributed by atoms with Gasteiger partial charge in [-0.15, -0.1) is 0 Å². The summed E-state index contributed by atoms with van der Waals surface area (Å²) >= 11 is 0. The predicted molar refractivity (Wildman–Crippen MR) is 81.4 cm³/mol. The van der Waals surface area contributed by atoms with Gasteiger partial charge in [0.1, 0.15) is 5.54 Å². The number of fused-ring (bicyclic) bond motifs is 1. The van der Waals surface area contributed by atoms with Crippen molar-refractivity contribution in [3.8, 4) is 0 Å². The van der Waals surface area contributed by atoms with Crippen molar-refractivity contribution in [1.82, 2.24) is 9.55 Å². The molecule has 9 nitrogen and oxygen atoms in total. The minimum absolute atomic E-state index is 0.0591. The summed E-state index contributed by atoms with van der Waals surface area (Å²) < 4.78 is 5.59. The molecule has 23 heavy (non-hydrogen) atoms. The zero-order chi connectivity index (χ0) is 17.4. The molecule has 122 valence electrons. The summed E-state index contributed by atoms with van der Waals surface area (Å²) in [5.41, 5.74) is -3.29. The predicted octanol–water partition coefficient (Wildman–Crippen LogP) is 0.896. The van der Waals surface area contributed by atoms with E-state index >= 15 is 0 Å². The van der Waals surface area contributed by atoms with Gasteiger partial charge in [0.05, 0.1) is 22.4 Å². The number of hydrogen-bond acceptors (Lipinski definition) is 6. The van der Waals surface area contributed by atoms with Crippen LogP contribution in [0, 0.1) is 10.1 Å². The lowest BCUT2D eigenvalue weighted by Gasteiger charge is -2.24. The van der Waals surface area contributed by atoms with Gasteiger partial charge >= 0.3 is 11.7 Å². The van der Waals surface area contributed by atoms with Crippen LogP contribution in [-0.2, 0) is 15.1 Å². The van der Waals surface area contributed by atoms with Crippen molar-refractivity contribution in [2.75, 3.05) is 6.61 Å². The number of aromatic nitrogens is 2. The monoisotopic (exact) mass is 321 g/mol. The van der Waals surface area contributed by atoms with Crippen LogP contribution in [0.5, 0.6) is 0 Å². The molecule has 0 bridgehead atoms. The lowest BCUT2D eigenvalue weighted by atomic mass is 10.1. The van der Waals surface area contributed by atoms with Crippen LogP contribution in [0.15, 0.2) is 27.8 Å². The van der Waals surface area contributed by atoms with Crippen molar-refractivity contribution in [1.29, 1.82) is 0 Å². The number of ether oxygens (including phenoxy) is 1. The molecule has 0 unspecified atom stereocenters. The Morgan fingerprint density at radius 2 is 2.04 bits per heavy atom. The number of non-ortho nitro benzene ring substituents is 1. The van der Waals surface area contributed by atoms with Gasteiger partial charge in [-0.05, 0) is 26.8 Å². The molecule has 0 spiro atoms. The van der Waals surface area contributed by atoms with E-state index in [0.29, 0.717) is 4.57 Å². The molecule has 1 heterocycles. The normalized spacial score (nSPS) is 11.4. The van der Waals surface area contributed by atoms with Crippen molar-refractivity contribution >= 4 is 22.6 Å². The number of nitrogens with zero attached hydrogens (tertiary/aromatic N) is 2. The number of hydrogen-bond donors (Lipinski definition) is 1. The first-order chi connectivity index (χ1) is 10.7. The highest BCUT2D eigenvalue weighted by atomic mass is 16.6. The highest BCUT2D eigenvalue weighted by molar-refractivity contribution is 5.81. The SMILES string of the molecule is CCOC(=O)C(C)(C)n1c(=O)[nH]c2ccc([N+](=O)[O-])cc2c1=O.